The molecule has 0 bridgehead atoms. The van der Waals surface area contributed by atoms with E-state index in [4.69, 9.17) is 5.73 Å². The number of rotatable bonds is 2. The van der Waals surface area contributed by atoms with Crippen molar-refractivity contribution in [3.8, 4) is 0 Å². The van der Waals surface area contributed by atoms with Crippen LogP contribution in [-0.4, -0.2) is 9.97 Å². The first-order valence-electron chi connectivity index (χ1n) is 4.64. The molecule has 2 rings (SSSR count). The van der Waals surface area contributed by atoms with Gasteiger partial charge in [0.1, 0.15) is 6.33 Å². The summed E-state index contributed by atoms with van der Waals surface area (Å²) in [5, 5.41) is 0. The van der Waals surface area contributed by atoms with Crippen molar-refractivity contribution < 1.29 is 0 Å². The van der Waals surface area contributed by atoms with Crippen LogP contribution in [-0.2, 0) is 0 Å². The molecule has 2 N–H and O–H groups in total. The zero-order chi connectivity index (χ0) is 11.5. The van der Waals surface area contributed by atoms with Gasteiger partial charge in [0.2, 0.25) is 0 Å². The van der Waals surface area contributed by atoms with Crippen LogP contribution >= 0.6 is 38.5 Å². The quantitative estimate of drug-likeness (QED) is 0.803. The van der Waals surface area contributed by atoms with Crippen LogP contribution in [0.5, 0.6) is 0 Å². The molecule has 82 valence electrons. The maximum atomic E-state index is 6.18. The Morgan fingerprint density at radius 2 is 1.94 bits per heavy atom. The van der Waals surface area contributed by atoms with Gasteiger partial charge in [-0.3, -0.25) is 0 Å². The Labute approximate surface area is 116 Å². The van der Waals surface area contributed by atoms with Crippen molar-refractivity contribution in [3.63, 3.8) is 0 Å². The van der Waals surface area contributed by atoms with Crippen LogP contribution in [0.3, 0.4) is 0 Å². The van der Waals surface area contributed by atoms with E-state index in [2.05, 4.69) is 48.5 Å². The summed E-state index contributed by atoms with van der Waals surface area (Å²) in [5.41, 5.74) is 8.17. The van der Waals surface area contributed by atoms with Gasteiger partial charge < -0.3 is 5.73 Å². The van der Waals surface area contributed by atoms with Crippen LogP contribution in [0.25, 0.3) is 0 Å². The van der Waals surface area contributed by atoms with Gasteiger partial charge in [-0.15, -0.1) is 0 Å². The van der Waals surface area contributed by atoms with Gasteiger partial charge >= 0.3 is 0 Å². The minimum Gasteiger partial charge on any atom is -0.320 e. The van der Waals surface area contributed by atoms with Crippen LogP contribution < -0.4 is 5.73 Å². The second kappa shape index (κ2) is 5.20. The SMILES string of the molecule is NC(c1cncnc1)c1cc(Br)ccc1I. The molecule has 0 saturated carbocycles. The molecule has 3 nitrogen and oxygen atoms in total. The van der Waals surface area contributed by atoms with Crippen molar-refractivity contribution in [1.82, 2.24) is 9.97 Å². The molecule has 1 aromatic carbocycles. The fourth-order valence-corrected chi connectivity index (χ4v) is 2.45. The Morgan fingerprint density at radius 1 is 1.25 bits per heavy atom. The Bertz CT molecular complexity index is 490. The molecule has 1 unspecified atom stereocenters. The molecule has 2 aromatic rings. The van der Waals surface area contributed by atoms with E-state index in [1.54, 1.807) is 12.4 Å². The first kappa shape index (κ1) is 11.9. The Balaban J connectivity index is 2.41. The van der Waals surface area contributed by atoms with E-state index in [9.17, 15) is 0 Å². The summed E-state index contributed by atoms with van der Waals surface area (Å²) in [6.45, 7) is 0. The van der Waals surface area contributed by atoms with Gasteiger partial charge in [0.25, 0.3) is 0 Å². The van der Waals surface area contributed by atoms with Gasteiger partial charge in [0, 0.05) is 26.0 Å². The van der Waals surface area contributed by atoms with Crippen LogP contribution in [0.1, 0.15) is 17.2 Å². The minimum absolute atomic E-state index is 0.189. The zero-order valence-electron chi connectivity index (χ0n) is 8.27. The largest absolute Gasteiger partial charge is 0.320 e. The average molecular weight is 390 g/mol. The van der Waals surface area contributed by atoms with E-state index in [-0.39, 0.29) is 6.04 Å². The predicted molar refractivity (Wildman–Crippen MR) is 74.9 cm³/mol. The average Bonchev–Trinajstić information content (AvgIpc) is 2.32. The van der Waals surface area contributed by atoms with Gasteiger partial charge in [-0.25, -0.2) is 9.97 Å². The van der Waals surface area contributed by atoms with Crippen molar-refractivity contribution in [2.24, 2.45) is 5.73 Å². The first-order valence-corrected chi connectivity index (χ1v) is 6.51. The van der Waals surface area contributed by atoms with Gasteiger partial charge in [-0.05, 0) is 46.4 Å². The smallest absolute Gasteiger partial charge is 0.115 e. The molecule has 0 radical (unpaired) electrons. The summed E-state index contributed by atoms with van der Waals surface area (Å²) in [6, 6.07) is 5.87. The summed E-state index contributed by atoms with van der Waals surface area (Å²) in [6.07, 6.45) is 4.99. The van der Waals surface area contributed by atoms with Gasteiger partial charge in [0.05, 0.1) is 6.04 Å². The standard InChI is InChI=1S/C11H9BrIN3/c12-8-1-2-10(13)9(3-8)11(14)7-4-15-6-16-5-7/h1-6,11H,14H2. The number of hydrogen-bond donors (Lipinski definition) is 1. The van der Waals surface area contributed by atoms with Gasteiger partial charge in [-0.2, -0.15) is 0 Å². The summed E-state index contributed by atoms with van der Waals surface area (Å²) in [7, 11) is 0. The molecule has 0 aliphatic heterocycles. The lowest BCUT2D eigenvalue weighted by atomic mass is 10.0. The van der Waals surface area contributed by atoms with E-state index in [1.807, 2.05) is 18.2 Å². The maximum absolute atomic E-state index is 6.18. The highest BCUT2D eigenvalue weighted by molar-refractivity contribution is 14.1. The van der Waals surface area contributed by atoms with E-state index in [0.717, 1.165) is 19.2 Å². The fraction of sp³-hybridized carbons (Fsp3) is 0.0909. The van der Waals surface area contributed by atoms with Crippen molar-refractivity contribution in [1.29, 1.82) is 0 Å². The van der Waals surface area contributed by atoms with Crippen molar-refractivity contribution in [3.05, 3.63) is 56.1 Å². The summed E-state index contributed by atoms with van der Waals surface area (Å²) >= 11 is 5.72. The van der Waals surface area contributed by atoms with E-state index >= 15 is 0 Å². The highest BCUT2D eigenvalue weighted by atomic mass is 127. The third-order valence-corrected chi connectivity index (χ3v) is 3.71. The maximum Gasteiger partial charge on any atom is 0.115 e. The lowest BCUT2D eigenvalue weighted by Crippen LogP contribution is -2.13. The number of halogens is 2. The highest BCUT2D eigenvalue weighted by Crippen LogP contribution is 2.26. The second-order valence-electron chi connectivity index (χ2n) is 3.32. The molecule has 0 spiro atoms. The van der Waals surface area contributed by atoms with Crippen LogP contribution in [0, 0.1) is 3.57 Å². The number of nitrogens with two attached hydrogens (primary N) is 1. The fourth-order valence-electron chi connectivity index (χ4n) is 1.40. The second-order valence-corrected chi connectivity index (χ2v) is 5.39. The number of aromatic nitrogens is 2. The summed E-state index contributed by atoms with van der Waals surface area (Å²) in [5.74, 6) is 0. The molecule has 1 atom stereocenters. The molecule has 0 aliphatic rings. The monoisotopic (exact) mass is 389 g/mol. The van der Waals surface area contributed by atoms with Gasteiger partial charge in [0.15, 0.2) is 0 Å². The third-order valence-electron chi connectivity index (χ3n) is 2.23. The molecule has 16 heavy (non-hydrogen) atoms. The molecule has 0 amide bonds. The lowest BCUT2D eigenvalue weighted by Gasteiger charge is -2.13. The molecule has 1 heterocycles. The predicted octanol–water partition coefficient (Wildman–Crippen LogP) is 2.89. The number of nitrogens with zero attached hydrogens (tertiary/aromatic N) is 2. The number of benzene rings is 1. The van der Waals surface area contributed by atoms with Crippen LogP contribution in [0.4, 0.5) is 0 Å². The Hall–Kier alpha value is -0.530. The zero-order valence-corrected chi connectivity index (χ0v) is 12.0. The minimum atomic E-state index is -0.189. The molecule has 0 fully saturated rings. The van der Waals surface area contributed by atoms with E-state index in [0.29, 0.717) is 0 Å². The Kier molecular flexibility index (Phi) is 3.88. The van der Waals surface area contributed by atoms with Crippen LogP contribution in [0.2, 0.25) is 0 Å². The summed E-state index contributed by atoms with van der Waals surface area (Å²) in [4.78, 5) is 7.96. The van der Waals surface area contributed by atoms with E-state index < -0.39 is 0 Å². The lowest BCUT2D eigenvalue weighted by molar-refractivity contribution is 0.844. The number of hydrogen-bond acceptors (Lipinski definition) is 3. The van der Waals surface area contributed by atoms with Crippen molar-refractivity contribution >= 4 is 38.5 Å². The Morgan fingerprint density at radius 3 is 2.62 bits per heavy atom. The molecular weight excluding hydrogens is 381 g/mol. The van der Waals surface area contributed by atoms with Crippen molar-refractivity contribution in [2.45, 2.75) is 6.04 Å². The molecule has 5 heteroatoms. The van der Waals surface area contributed by atoms with Gasteiger partial charge in [-0.1, -0.05) is 15.9 Å². The van der Waals surface area contributed by atoms with Crippen molar-refractivity contribution in [2.75, 3.05) is 0 Å². The molecule has 0 aliphatic carbocycles. The van der Waals surface area contributed by atoms with E-state index in [1.165, 1.54) is 6.33 Å². The molecule has 0 saturated heterocycles. The molecule has 1 aromatic heterocycles. The topological polar surface area (TPSA) is 51.8 Å². The van der Waals surface area contributed by atoms with Crippen LogP contribution in [0.15, 0.2) is 41.4 Å². The normalized spacial score (nSPS) is 12.4. The molecular formula is C11H9BrIN3. The highest BCUT2D eigenvalue weighted by Gasteiger charge is 2.12. The third kappa shape index (κ3) is 2.58. The first-order chi connectivity index (χ1) is 7.68. The summed E-state index contributed by atoms with van der Waals surface area (Å²) < 4.78 is 2.16.